The molecular weight excluding hydrogens is 368 g/mol. The second-order valence-corrected chi connectivity index (χ2v) is 20.9. The molecule has 5 nitrogen and oxygen atoms in total. The van der Waals surface area contributed by atoms with E-state index >= 15 is 0 Å². The second-order valence-electron chi connectivity index (χ2n) is 8.26. The summed E-state index contributed by atoms with van der Waals surface area (Å²) in [5.74, 6) is -0.231. The Morgan fingerprint density at radius 3 is 2.00 bits per heavy atom. The van der Waals surface area contributed by atoms with Gasteiger partial charge in [-0.2, -0.15) is 0 Å². The highest BCUT2D eigenvalue weighted by molar-refractivity contribution is 6.87. The maximum absolute atomic E-state index is 10.8. The van der Waals surface area contributed by atoms with Crippen molar-refractivity contribution in [1.82, 2.24) is 0 Å². The number of ether oxygens (including phenoxy) is 1. The Morgan fingerprint density at radius 1 is 0.960 bits per heavy atom. The first-order valence-electron chi connectivity index (χ1n) is 8.66. The molecule has 0 aliphatic heterocycles. The molecule has 0 radical (unpaired) electrons. The maximum Gasteiger partial charge on any atom is 0.335 e. The Hall–Kier alpha value is -0.939. The third-order valence-corrected chi connectivity index (χ3v) is 13.5. The molecule has 1 rings (SSSR count). The fourth-order valence-corrected chi connectivity index (χ4v) is 16.0. The molecule has 1 aromatic rings. The van der Waals surface area contributed by atoms with Crippen molar-refractivity contribution in [3.05, 3.63) is 29.8 Å². The predicted octanol–water partition coefficient (Wildman–Crippen LogP) is 4.93. The number of aromatic carboxylic acids is 1. The molecule has 0 bridgehead atoms. The van der Waals surface area contributed by atoms with Gasteiger partial charge in [-0.05, 0) is 82.6 Å². The lowest BCUT2D eigenvalue weighted by atomic mass is 10.2. The average Bonchev–Trinajstić information content (AvgIpc) is 2.40. The molecule has 0 spiro atoms. The molecular formula is C17H32O5Si3. The van der Waals surface area contributed by atoms with Gasteiger partial charge in [-0.1, -0.05) is 0 Å². The van der Waals surface area contributed by atoms with Crippen molar-refractivity contribution in [3.8, 4) is 5.75 Å². The number of hydrogen-bond acceptors (Lipinski definition) is 4. The Balaban J connectivity index is 2.42. The van der Waals surface area contributed by atoms with E-state index in [9.17, 15) is 4.79 Å². The smallest absolute Gasteiger partial charge is 0.335 e. The van der Waals surface area contributed by atoms with Crippen LogP contribution in [0.3, 0.4) is 0 Å². The molecule has 142 valence electrons. The average molecular weight is 401 g/mol. The van der Waals surface area contributed by atoms with Crippen molar-refractivity contribution in [2.24, 2.45) is 0 Å². The molecule has 0 unspecified atom stereocenters. The van der Waals surface area contributed by atoms with Crippen molar-refractivity contribution >= 4 is 31.2 Å². The maximum atomic E-state index is 10.8. The van der Waals surface area contributed by atoms with E-state index in [2.05, 4.69) is 45.8 Å². The standard InChI is InChI=1S/C17H32O5Si3/c1-23(2,3)21-25(6,7)22-24(4,5)14-8-13-20-16-11-9-15(10-12-16)17(18)19/h9-12H,8,13-14H2,1-7H3,(H,18,19). The topological polar surface area (TPSA) is 65.0 Å². The first kappa shape index (κ1) is 22.1. The van der Waals surface area contributed by atoms with Gasteiger partial charge < -0.3 is 18.1 Å². The van der Waals surface area contributed by atoms with Gasteiger partial charge in [-0.15, -0.1) is 0 Å². The predicted molar refractivity (Wildman–Crippen MR) is 109 cm³/mol. The molecule has 0 amide bonds. The molecule has 0 aliphatic rings. The van der Waals surface area contributed by atoms with Crippen LogP contribution in [0.15, 0.2) is 24.3 Å². The van der Waals surface area contributed by atoms with Gasteiger partial charge in [-0.3, -0.25) is 0 Å². The minimum absolute atomic E-state index is 0.267. The van der Waals surface area contributed by atoms with E-state index in [0.717, 1.165) is 12.5 Å². The van der Waals surface area contributed by atoms with Crippen LogP contribution in [-0.4, -0.2) is 42.9 Å². The first-order valence-corrected chi connectivity index (χ1v) is 18.0. The van der Waals surface area contributed by atoms with Crippen LogP contribution in [0.4, 0.5) is 0 Å². The molecule has 0 saturated carbocycles. The van der Waals surface area contributed by atoms with Gasteiger partial charge in [0.15, 0.2) is 16.6 Å². The fourth-order valence-electron chi connectivity index (χ4n) is 2.86. The van der Waals surface area contributed by atoms with E-state index in [-0.39, 0.29) is 5.56 Å². The van der Waals surface area contributed by atoms with Gasteiger partial charge in [0, 0.05) is 0 Å². The van der Waals surface area contributed by atoms with Gasteiger partial charge in [0.25, 0.3) is 0 Å². The summed E-state index contributed by atoms with van der Waals surface area (Å²) < 4.78 is 18.5. The highest BCUT2D eigenvalue weighted by Gasteiger charge is 2.37. The Kier molecular flexibility index (Phi) is 7.63. The van der Waals surface area contributed by atoms with Crippen LogP contribution in [0.5, 0.6) is 5.75 Å². The van der Waals surface area contributed by atoms with Crippen molar-refractivity contribution in [3.63, 3.8) is 0 Å². The van der Waals surface area contributed by atoms with Crippen molar-refractivity contribution < 1.29 is 22.9 Å². The number of benzene rings is 1. The summed E-state index contributed by atoms with van der Waals surface area (Å²) in [5.41, 5.74) is 0.267. The van der Waals surface area contributed by atoms with E-state index in [1.54, 1.807) is 24.3 Å². The third kappa shape index (κ3) is 9.36. The van der Waals surface area contributed by atoms with Crippen LogP contribution in [-0.2, 0) is 8.23 Å². The molecule has 8 heteroatoms. The molecule has 0 heterocycles. The van der Waals surface area contributed by atoms with E-state index in [1.807, 2.05) is 0 Å². The molecule has 0 aromatic heterocycles. The van der Waals surface area contributed by atoms with Gasteiger partial charge in [0.05, 0.1) is 12.2 Å². The molecule has 1 N–H and O–H groups in total. The van der Waals surface area contributed by atoms with Gasteiger partial charge in [0.2, 0.25) is 0 Å². The normalized spacial score (nSPS) is 12.9. The molecule has 0 aliphatic carbocycles. The lowest BCUT2D eigenvalue weighted by molar-refractivity contribution is 0.0697. The summed E-state index contributed by atoms with van der Waals surface area (Å²) >= 11 is 0. The van der Waals surface area contributed by atoms with E-state index < -0.39 is 31.2 Å². The summed E-state index contributed by atoms with van der Waals surface area (Å²) in [6.45, 7) is 15.9. The lowest BCUT2D eigenvalue weighted by Gasteiger charge is -2.37. The van der Waals surface area contributed by atoms with E-state index in [4.69, 9.17) is 18.1 Å². The quantitative estimate of drug-likeness (QED) is 0.445. The molecule has 0 saturated heterocycles. The number of carboxylic acid groups (broad SMARTS) is 1. The number of rotatable bonds is 10. The monoisotopic (exact) mass is 400 g/mol. The fraction of sp³-hybridized carbons (Fsp3) is 0.588. The lowest BCUT2D eigenvalue weighted by Crippen LogP contribution is -2.51. The first-order chi connectivity index (χ1) is 11.3. The zero-order chi connectivity index (χ0) is 19.3. The van der Waals surface area contributed by atoms with Gasteiger partial charge in [-0.25, -0.2) is 4.79 Å². The van der Waals surface area contributed by atoms with E-state index in [0.29, 0.717) is 12.4 Å². The van der Waals surface area contributed by atoms with Crippen molar-refractivity contribution in [1.29, 1.82) is 0 Å². The van der Waals surface area contributed by atoms with Gasteiger partial charge in [0.1, 0.15) is 5.75 Å². The van der Waals surface area contributed by atoms with Crippen LogP contribution in [0, 0.1) is 0 Å². The van der Waals surface area contributed by atoms with Crippen LogP contribution < -0.4 is 4.74 Å². The Labute approximate surface area is 154 Å². The molecule has 0 atom stereocenters. The Morgan fingerprint density at radius 2 is 1.52 bits per heavy atom. The summed E-state index contributed by atoms with van der Waals surface area (Å²) in [6.07, 6.45) is 0.914. The highest BCUT2D eigenvalue weighted by Crippen LogP contribution is 2.24. The zero-order valence-corrected chi connectivity index (χ0v) is 19.5. The van der Waals surface area contributed by atoms with E-state index in [1.165, 1.54) is 0 Å². The number of carbonyl (C=O) groups is 1. The molecule has 25 heavy (non-hydrogen) atoms. The minimum Gasteiger partial charge on any atom is -0.494 e. The number of carboxylic acids is 1. The summed E-state index contributed by atoms with van der Waals surface area (Å²) in [6, 6.07) is 7.51. The van der Waals surface area contributed by atoms with Crippen LogP contribution in [0.1, 0.15) is 16.8 Å². The molecule has 0 fully saturated rings. The second kappa shape index (κ2) is 8.63. The molecule has 1 aromatic carbocycles. The van der Waals surface area contributed by atoms with Crippen LogP contribution in [0.25, 0.3) is 0 Å². The summed E-state index contributed by atoms with van der Waals surface area (Å²) in [4.78, 5) is 10.8. The number of hydrogen-bond donors (Lipinski definition) is 1. The third-order valence-electron chi connectivity index (χ3n) is 3.37. The summed E-state index contributed by atoms with van der Waals surface area (Å²) in [5, 5.41) is 8.89. The van der Waals surface area contributed by atoms with Crippen LogP contribution in [0.2, 0.25) is 51.9 Å². The minimum atomic E-state index is -2.09. The van der Waals surface area contributed by atoms with Gasteiger partial charge >= 0.3 is 14.5 Å². The largest absolute Gasteiger partial charge is 0.494 e. The Bertz CT molecular complexity index is 565. The summed E-state index contributed by atoms with van der Waals surface area (Å²) in [7, 11) is -5.48. The van der Waals surface area contributed by atoms with Crippen LogP contribution >= 0.6 is 0 Å². The zero-order valence-electron chi connectivity index (χ0n) is 16.5. The SMILES string of the molecule is C[Si](C)(C)O[Si](C)(C)O[Si](C)(C)CCCOc1ccc(C(=O)O)cc1. The van der Waals surface area contributed by atoms with Crippen molar-refractivity contribution in [2.75, 3.05) is 6.61 Å². The van der Waals surface area contributed by atoms with Crippen molar-refractivity contribution in [2.45, 2.75) is 58.3 Å². The highest BCUT2D eigenvalue weighted by atomic mass is 28.5.